The molecule has 0 saturated heterocycles. The molecule has 0 fully saturated rings. The Morgan fingerprint density at radius 2 is 2.07 bits per heavy atom. The van der Waals surface area contributed by atoms with Gasteiger partial charge in [0.25, 0.3) is 0 Å². The highest BCUT2D eigenvalue weighted by atomic mass is 79.9. The average molecular weight is 282 g/mol. The number of alkyl carbamates (subject to hydrolysis) is 1. The number of carbonyl (C=O) groups excluding carboxylic acids is 2. The van der Waals surface area contributed by atoms with Gasteiger partial charge in [-0.15, -0.1) is 0 Å². The third-order valence-corrected chi connectivity index (χ3v) is 2.39. The Labute approximate surface area is 97.6 Å². The van der Waals surface area contributed by atoms with Gasteiger partial charge in [0, 0.05) is 13.7 Å². The van der Waals surface area contributed by atoms with E-state index in [9.17, 15) is 9.59 Å². The number of nitrogens with one attached hydrogen (secondary N) is 1. The van der Waals surface area contributed by atoms with E-state index in [1.165, 1.54) is 7.11 Å². The van der Waals surface area contributed by atoms with Gasteiger partial charge in [-0.05, 0) is 12.8 Å². The summed E-state index contributed by atoms with van der Waals surface area (Å²) in [5, 5.41) is 2.70. The standard InChI is InChI=1S/C9H16BrNO4/c1-14-5-3-4-7(8(12)6-10)11-9(13)15-2/h7H,3-6H2,1-2H3,(H,11,13). The third kappa shape index (κ3) is 6.46. The number of hydrogen-bond donors (Lipinski definition) is 1. The molecule has 0 bridgehead atoms. The molecule has 0 heterocycles. The Morgan fingerprint density at radius 3 is 2.53 bits per heavy atom. The summed E-state index contributed by atoms with van der Waals surface area (Å²) in [6, 6.07) is -0.507. The summed E-state index contributed by atoms with van der Waals surface area (Å²) in [6.07, 6.45) is 0.670. The third-order valence-electron chi connectivity index (χ3n) is 1.84. The summed E-state index contributed by atoms with van der Waals surface area (Å²) in [6.45, 7) is 0.564. The van der Waals surface area contributed by atoms with E-state index in [4.69, 9.17) is 4.74 Å². The summed E-state index contributed by atoms with van der Waals surface area (Å²) in [7, 11) is 2.86. The van der Waals surface area contributed by atoms with Crippen molar-refractivity contribution in [3.63, 3.8) is 0 Å². The number of rotatable bonds is 7. The molecule has 0 aromatic rings. The maximum absolute atomic E-state index is 11.4. The molecule has 0 aliphatic carbocycles. The molecule has 0 saturated carbocycles. The van der Waals surface area contributed by atoms with Crippen LogP contribution in [0.2, 0.25) is 0 Å². The SMILES string of the molecule is COCCCC(NC(=O)OC)C(=O)CBr. The number of methoxy groups -OCH3 is 2. The molecule has 1 amide bonds. The number of ether oxygens (including phenoxy) is 2. The topological polar surface area (TPSA) is 64.6 Å². The van der Waals surface area contributed by atoms with Crippen molar-refractivity contribution >= 4 is 27.8 Å². The molecular formula is C9H16BrNO4. The average Bonchev–Trinajstić information content (AvgIpc) is 2.26. The molecule has 6 heteroatoms. The Kier molecular flexibility index (Phi) is 8.31. The first-order chi connectivity index (χ1) is 7.15. The first kappa shape index (κ1) is 14.4. The van der Waals surface area contributed by atoms with Gasteiger partial charge >= 0.3 is 6.09 Å². The van der Waals surface area contributed by atoms with Crippen molar-refractivity contribution in [1.82, 2.24) is 5.32 Å². The van der Waals surface area contributed by atoms with Crippen LogP contribution in [0.1, 0.15) is 12.8 Å². The lowest BCUT2D eigenvalue weighted by molar-refractivity contribution is -0.118. The summed E-state index contributed by atoms with van der Waals surface area (Å²) >= 11 is 3.06. The van der Waals surface area contributed by atoms with Gasteiger partial charge in [-0.25, -0.2) is 4.79 Å². The van der Waals surface area contributed by atoms with Crippen molar-refractivity contribution in [3.05, 3.63) is 0 Å². The van der Waals surface area contributed by atoms with E-state index in [2.05, 4.69) is 26.0 Å². The minimum atomic E-state index is -0.591. The monoisotopic (exact) mass is 281 g/mol. The van der Waals surface area contributed by atoms with Crippen LogP contribution in [0.3, 0.4) is 0 Å². The molecule has 5 nitrogen and oxygen atoms in total. The maximum atomic E-state index is 11.4. The molecule has 15 heavy (non-hydrogen) atoms. The molecule has 88 valence electrons. The second-order valence-corrected chi connectivity index (χ2v) is 3.48. The van der Waals surface area contributed by atoms with Gasteiger partial charge in [-0.2, -0.15) is 0 Å². The lowest BCUT2D eigenvalue weighted by Gasteiger charge is -2.15. The van der Waals surface area contributed by atoms with E-state index in [0.29, 0.717) is 19.4 Å². The zero-order chi connectivity index (χ0) is 11.7. The second kappa shape index (κ2) is 8.67. The van der Waals surface area contributed by atoms with Crippen LogP contribution in [0, 0.1) is 0 Å². The number of hydrogen-bond acceptors (Lipinski definition) is 4. The smallest absolute Gasteiger partial charge is 0.407 e. The molecule has 0 aromatic heterocycles. The Bertz CT molecular complexity index is 210. The highest BCUT2D eigenvalue weighted by Gasteiger charge is 2.19. The molecule has 1 N–H and O–H groups in total. The lowest BCUT2D eigenvalue weighted by atomic mass is 10.1. The van der Waals surface area contributed by atoms with Crippen LogP contribution in [0.4, 0.5) is 4.79 Å². The largest absolute Gasteiger partial charge is 0.453 e. The molecule has 1 unspecified atom stereocenters. The first-order valence-corrected chi connectivity index (χ1v) is 5.70. The van der Waals surface area contributed by atoms with Gasteiger partial charge in [-0.1, -0.05) is 15.9 Å². The van der Waals surface area contributed by atoms with Crippen molar-refractivity contribution < 1.29 is 19.1 Å². The zero-order valence-electron chi connectivity index (χ0n) is 8.92. The predicted octanol–water partition coefficient (Wildman–Crippen LogP) is 1.10. The lowest BCUT2D eigenvalue weighted by Crippen LogP contribution is -2.41. The Hall–Kier alpha value is -0.620. The van der Waals surface area contributed by atoms with Crippen molar-refractivity contribution in [3.8, 4) is 0 Å². The first-order valence-electron chi connectivity index (χ1n) is 4.57. The van der Waals surface area contributed by atoms with Gasteiger partial charge in [0.05, 0.1) is 18.5 Å². The number of amides is 1. The van der Waals surface area contributed by atoms with E-state index < -0.39 is 12.1 Å². The number of carbonyl (C=O) groups is 2. The molecule has 0 aromatic carbocycles. The fraction of sp³-hybridized carbons (Fsp3) is 0.778. The van der Waals surface area contributed by atoms with E-state index in [1.54, 1.807) is 7.11 Å². The molecule has 0 spiro atoms. The summed E-state index contributed by atoms with van der Waals surface area (Å²) in [5.41, 5.74) is 0. The zero-order valence-corrected chi connectivity index (χ0v) is 10.5. The highest BCUT2D eigenvalue weighted by molar-refractivity contribution is 9.09. The van der Waals surface area contributed by atoms with Crippen molar-refractivity contribution in [2.24, 2.45) is 0 Å². The van der Waals surface area contributed by atoms with Crippen LogP contribution in [0.15, 0.2) is 0 Å². The highest BCUT2D eigenvalue weighted by Crippen LogP contribution is 2.02. The minimum Gasteiger partial charge on any atom is -0.453 e. The number of halogens is 1. The number of Topliss-reactive ketones (excluding diaryl/α,β-unsaturated/α-hetero) is 1. The molecule has 1 atom stereocenters. The Morgan fingerprint density at radius 1 is 1.40 bits per heavy atom. The van der Waals surface area contributed by atoms with Gasteiger partial charge in [0.1, 0.15) is 0 Å². The Balaban J connectivity index is 4.06. The van der Waals surface area contributed by atoms with Gasteiger partial charge < -0.3 is 14.8 Å². The van der Waals surface area contributed by atoms with Crippen LogP contribution < -0.4 is 5.32 Å². The van der Waals surface area contributed by atoms with Crippen LogP contribution >= 0.6 is 15.9 Å². The summed E-state index contributed by atoms with van der Waals surface area (Å²) in [4.78, 5) is 22.3. The van der Waals surface area contributed by atoms with Crippen LogP contribution in [0.5, 0.6) is 0 Å². The predicted molar refractivity (Wildman–Crippen MR) is 59.2 cm³/mol. The fourth-order valence-electron chi connectivity index (χ4n) is 1.04. The van der Waals surface area contributed by atoms with Gasteiger partial charge in [-0.3, -0.25) is 4.79 Å². The van der Waals surface area contributed by atoms with E-state index in [1.807, 2.05) is 0 Å². The van der Waals surface area contributed by atoms with E-state index in [-0.39, 0.29) is 11.1 Å². The number of alkyl halides is 1. The molecule has 0 aliphatic rings. The summed E-state index contributed by atoms with van der Waals surface area (Å²) < 4.78 is 9.30. The van der Waals surface area contributed by atoms with Crippen molar-refractivity contribution in [1.29, 1.82) is 0 Å². The summed E-state index contributed by atoms with van der Waals surface area (Å²) in [5.74, 6) is -0.0727. The molecule has 0 radical (unpaired) electrons. The quantitative estimate of drug-likeness (QED) is 0.561. The van der Waals surface area contributed by atoms with Crippen LogP contribution in [-0.2, 0) is 14.3 Å². The van der Waals surface area contributed by atoms with E-state index >= 15 is 0 Å². The van der Waals surface area contributed by atoms with E-state index in [0.717, 1.165) is 0 Å². The molecule has 0 rings (SSSR count). The van der Waals surface area contributed by atoms with Gasteiger partial charge in [0.15, 0.2) is 5.78 Å². The number of ketones is 1. The minimum absolute atomic E-state index is 0.0727. The fourth-order valence-corrected chi connectivity index (χ4v) is 1.43. The van der Waals surface area contributed by atoms with Crippen molar-refractivity contribution in [2.75, 3.05) is 26.2 Å². The maximum Gasteiger partial charge on any atom is 0.407 e. The normalized spacial score (nSPS) is 11.9. The van der Waals surface area contributed by atoms with Gasteiger partial charge in [0.2, 0.25) is 0 Å². The molecular weight excluding hydrogens is 266 g/mol. The second-order valence-electron chi connectivity index (χ2n) is 2.92. The van der Waals surface area contributed by atoms with Crippen molar-refractivity contribution in [2.45, 2.75) is 18.9 Å². The van der Waals surface area contributed by atoms with Crippen LogP contribution in [-0.4, -0.2) is 44.1 Å². The van der Waals surface area contributed by atoms with Crippen LogP contribution in [0.25, 0.3) is 0 Å². The molecule has 0 aliphatic heterocycles.